The van der Waals surface area contributed by atoms with Gasteiger partial charge < -0.3 is 15.2 Å². The van der Waals surface area contributed by atoms with E-state index in [1.165, 1.54) is 6.33 Å². The third kappa shape index (κ3) is 2.46. The maximum absolute atomic E-state index is 9.50. The van der Waals surface area contributed by atoms with Gasteiger partial charge in [0, 0.05) is 13.7 Å². The Hall–Kier alpha value is -1.24. The molecule has 0 spiro atoms. The zero-order valence-corrected chi connectivity index (χ0v) is 9.70. The van der Waals surface area contributed by atoms with Crippen molar-refractivity contribution in [2.75, 3.05) is 25.6 Å². The van der Waals surface area contributed by atoms with Gasteiger partial charge in [0.2, 0.25) is 0 Å². The van der Waals surface area contributed by atoms with Gasteiger partial charge in [-0.2, -0.15) is 0 Å². The Morgan fingerprint density at radius 1 is 1.56 bits per heavy atom. The van der Waals surface area contributed by atoms with Crippen LogP contribution in [0, 0.1) is 0 Å². The number of nitrogens with one attached hydrogen (secondary N) is 1. The largest absolute Gasteiger partial charge is 0.389 e. The molecule has 1 atom stereocenters. The molecule has 2 N–H and O–H groups in total. The summed E-state index contributed by atoms with van der Waals surface area (Å²) < 4.78 is 4.84. The fourth-order valence-electron chi connectivity index (χ4n) is 1.40. The molecule has 0 aliphatic heterocycles. The zero-order valence-electron chi connectivity index (χ0n) is 8.88. The number of aromatic nitrogens is 2. The molecule has 2 aromatic heterocycles. The van der Waals surface area contributed by atoms with E-state index in [9.17, 15) is 5.11 Å². The maximum atomic E-state index is 9.50. The molecule has 2 rings (SSSR count). The molecule has 0 fully saturated rings. The molecule has 0 aliphatic rings. The number of ether oxygens (including phenoxy) is 1. The third-order valence-electron chi connectivity index (χ3n) is 2.13. The minimum absolute atomic E-state index is 0.310. The van der Waals surface area contributed by atoms with Crippen LogP contribution in [-0.4, -0.2) is 41.4 Å². The molecular weight excluding hydrogens is 226 g/mol. The van der Waals surface area contributed by atoms with Crippen LogP contribution in [-0.2, 0) is 4.74 Å². The maximum Gasteiger partial charge on any atom is 0.138 e. The molecule has 5 nitrogen and oxygen atoms in total. The SMILES string of the molecule is COCC(O)CNc1ncnc2sccc12. The Balaban J connectivity index is 2.06. The average molecular weight is 239 g/mol. The molecule has 0 saturated carbocycles. The summed E-state index contributed by atoms with van der Waals surface area (Å²) in [6.45, 7) is 0.723. The topological polar surface area (TPSA) is 67.3 Å². The first-order valence-electron chi connectivity index (χ1n) is 4.90. The van der Waals surface area contributed by atoms with Gasteiger partial charge in [-0.1, -0.05) is 0 Å². The quantitative estimate of drug-likeness (QED) is 0.818. The predicted molar refractivity (Wildman–Crippen MR) is 63.8 cm³/mol. The lowest BCUT2D eigenvalue weighted by Crippen LogP contribution is -2.24. The van der Waals surface area contributed by atoms with Crippen molar-refractivity contribution < 1.29 is 9.84 Å². The average Bonchev–Trinajstić information content (AvgIpc) is 2.75. The van der Waals surface area contributed by atoms with Gasteiger partial charge in [-0.15, -0.1) is 11.3 Å². The molecule has 2 aromatic rings. The smallest absolute Gasteiger partial charge is 0.138 e. The summed E-state index contributed by atoms with van der Waals surface area (Å²) in [5.74, 6) is 0.751. The number of anilines is 1. The molecule has 0 bridgehead atoms. The van der Waals surface area contributed by atoms with Crippen molar-refractivity contribution in [1.29, 1.82) is 0 Å². The molecule has 6 heteroatoms. The molecule has 16 heavy (non-hydrogen) atoms. The highest BCUT2D eigenvalue weighted by atomic mass is 32.1. The number of methoxy groups -OCH3 is 1. The van der Waals surface area contributed by atoms with Crippen LogP contribution in [0.1, 0.15) is 0 Å². The molecule has 0 amide bonds. The molecule has 0 saturated heterocycles. The van der Waals surface area contributed by atoms with E-state index >= 15 is 0 Å². The summed E-state index contributed by atoms with van der Waals surface area (Å²) in [6.07, 6.45) is 0.984. The van der Waals surface area contributed by atoms with Crippen LogP contribution < -0.4 is 5.32 Å². The van der Waals surface area contributed by atoms with E-state index in [2.05, 4.69) is 15.3 Å². The molecule has 0 aromatic carbocycles. The summed E-state index contributed by atoms with van der Waals surface area (Å²) in [6, 6.07) is 1.96. The Labute approximate surface area is 97.1 Å². The van der Waals surface area contributed by atoms with Gasteiger partial charge in [0.25, 0.3) is 0 Å². The lowest BCUT2D eigenvalue weighted by Gasteiger charge is -2.11. The first kappa shape index (κ1) is 11.3. The molecular formula is C10H13N3O2S. The number of fused-ring (bicyclic) bond motifs is 1. The summed E-state index contributed by atoms with van der Waals surface area (Å²) in [5, 5.41) is 15.5. The number of thiophene rings is 1. The van der Waals surface area contributed by atoms with Crippen LogP contribution in [0.3, 0.4) is 0 Å². The van der Waals surface area contributed by atoms with Crippen molar-refractivity contribution >= 4 is 27.4 Å². The lowest BCUT2D eigenvalue weighted by atomic mass is 10.3. The van der Waals surface area contributed by atoms with E-state index in [1.807, 2.05) is 11.4 Å². The standard InChI is InChI=1S/C10H13N3O2S/c1-15-5-7(14)4-11-9-8-2-3-16-10(8)13-6-12-9/h2-3,6-7,14H,4-5H2,1H3,(H,11,12,13). The van der Waals surface area contributed by atoms with E-state index in [4.69, 9.17) is 4.74 Å². The number of hydrogen-bond donors (Lipinski definition) is 2. The number of aliphatic hydroxyl groups excluding tert-OH is 1. The summed E-state index contributed by atoms with van der Waals surface area (Å²) in [4.78, 5) is 9.23. The van der Waals surface area contributed by atoms with Crippen LogP contribution in [0.25, 0.3) is 10.2 Å². The highest BCUT2D eigenvalue weighted by Crippen LogP contribution is 2.23. The van der Waals surface area contributed by atoms with Crippen molar-refractivity contribution in [3.8, 4) is 0 Å². The van der Waals surface area contributed by atoms with Gasteiger partial charge in [-0.05, 0) is 11.4 Å². The van der Waals surface area contributed by atoms with Gasteiger partial charge in [-0.25, -0.2) is 9.97 Å². The predicted octanol–water partition coefficient (Wildman–Crippen LogP) is 1.11. The van der Waals surface area contributed by atoms with E-state index in [0.29, 0.717) is 13.2 Å². The van der Waals surface area contributed by atoms with Crippen LogP contribution in [0.5, 0.6) is 0 Å². The van der Waals surface area contributed by atoms with Crippen molar-refractivity contribution in [2.45, 2.75) is 6.10 Å². The Morgan fingerprint density at radius 2 is 2.44 bits per heavy atom. The second-order valence-electron chi connectivity index (χ2n) is 3.35. The van der Waals surface area contributed by atoms with Crippen LogP contribution in [0.4, 0.5) is 5.82 Å². The summed E-state index contributed by atoms with van der Waals surface area (Å²) in [5.41, 5.74) is 0. The fraction of sp³-hybridized carbons (Fsp3) is 0.400. The van der Waals surface area contributed by atoms with Gasteiger partial charge in [-0.3, -0.25) is 0 Å². The molecule has 0 radical (unpaired) electrons. The normalized spacial score (nSPS) is 12.9. The lowest BCUT2D eigenvalue weighted by molar-refractivity contribution is 0.0727. The zero-order chi connectivity index (χ0) is 11.4. The summed E-state index contributed by atoms with van der Waals surface area (Å²) >= 11 is 1.57. The minimum Gasteiger partial charge on any atom is -0.389 e. The second kappa shape index (κ2) is 5.20. The van der Waals surface area contributed by atoms with E-state index in [1.54, 1.807) is 18.4 Å². The second-order valence-corrected chi connectivity index (χ2v) is 4.25. The van der Waals surface area contributed by atoms with Crippen molar-refractivity contribution in [1.82, 2.24) is 9.97 Å². The number of nitrogens with zero attached hydrogens (tertiary/aromatic N) is 2. The fourth-order valence-corrected chi connectivity index (χ4v) is 2.13. The highest BCUT2D eigenvalue weighted by molar-refractivity contribution is 7.16. The molecule has 2 heterocycles. The van der Waals surface area contributed by atoms with Gasteiger partial charge >= 0.3 is 0 Å². The van der Waals surface area contributed by atoms with Crippen molar-refractivity contribution in [2.24, 2.45) is 0 Å². The summed E-state index contributed by atoms with van der Waals surface area (Å²) in [7, 11) is 1.56. The van der Waals surface area contributed by atoms with E-state index < -0.39 is 6.10 Å². The van der Waals surface area contributed by atoms with E-state index in [0.717, 1.165) is 16.0 Å². The Kier molecular flexibility index (Phi) is 3.66. The minimum atomic E-state index is -0.534. The third-order valence-corrected chi connectivity index (χ3v) is 2.95. The Morgan fingerprint density at radius 3 is 3.25 bits per heavy atom. The van der Waals surface area contributed by atoms with Crippen LogP contribution >= 0.6 is 11.3 Å². The molecule has 0 aliphatic carbocycles. The van der Waals surface area contributed by atoms with E-state index in [-0.39, 0.29) is 0 Å². The molecule has 86 valence electrons. The number of aliphatic hydroxyl groups is 1. The highest BCUT2D eigenvalue weighted by Gasteiger charge is 2.07. The molecule has 1 unspecified atom stereocenters. The number of hydrogen-bond acceptors (Lipinski definition) is 6. The van der Waals surface area contributed by atoms with Gasteiger partial charge in [0.05, 0.1) is 18.1 Å². The first-order chi connectivity index (χ1) is 7.81. The van der Waals surface area contributed by atoms with Crippen molar-refractivity contribution in [3.63, 3.8) is 0 Å². The Bertz CT molecular complexity index is 460. The van der Waals surface area contributed by atoms with Crippen LogP contribution in [0.2, 0.25) is 0 Å². The first-order valence-corrected chi connectivity index (χ1v) is 5.78. The number of rotatable bonds is 5. The van der Waals surface area contributed by atoms with Gasteiger partial charge in [0.15, 0.2) is 0 Å². The monoisotopic (exact) mass is 239 g/mol. The van der Waals surface area contributed by atoms with Gasteiger partial charge in [0.1, 0.15) is 17.0 Å². The van der Waals surface area contributed by atoms with Crippen molar-refractivity contribution in [3.05, 3.63) is 17.8 Å². The van der Waals surface area contributed by atoms with Crippen LogP contribution in [0.15, 0.2) is 17.8 Å².